The van der Waals surface area contributed by atoms with Crippen molar-refractivity contribution in [1.82, 2.24) is 4.98 Å². The van der Waals surface area contributed by atoms with E-state index in [1.807, 2.05) is 0 Å². The monoisotopic (exact) mass is 443 g/mol. The Morgan fingerprint density at radius 3 is 2.60 bits per heavy atom. The first kappa shape index (κ1) is 20.9. The number of ether oxygens (including phenoxy) is 2. The average molecular weight is 445 g/mol. The first-order valence-electron chi connectivity index (χ1n) is 6.83. The summed E-state index contributed by atoms with van der Waals surface area (Å²) in [5.41, 5.74) is 0.639. The van der Waals surface area contributed by atoms with Crippen LogP contribution in [0.1, 0.15) is 0 Å². The van der Waals surface area contributed by atoms with Crippen molar-refractivity contribution in [3.8, 4) is 5.75 Å². The van der Waals surface area contributed by atoms with E-state index in [0.717, 1.165) is 0 Å². The molecule has 1 fully saturated rings. The summed E-state index contributed by atoms with van der Waals surface area (Å²) < 4.78 is 11.1. The van der Waals surface area contributed by atoms with Crippen molar-refractivity contribution in [1.29, 1.82) is 0 Å². The Morgan fingerprint density at radius 1 is 1.28 bits per heavy atom. The van der Waals surface area contributed by atoms with Gasteiger partial charge in [0.1, 0.15) is 30.2 Å². The number of fused-ring (bicyclic) bond motifs is 1. The summed E-state index contributed by atoms with van der Waals surface area (Å²) in [4.78, 5) is 13.9. The first-order chi connectivity index (χ1) is 11.3. The number of benzene rings is 1. The molecule has 5 unspecified atom stereocenters. The molecule has 0 amide bonds. The van der Waals surface area contributed by atoms with Gasteiger partial charge in [-0.05, 0) is 28.1 Å². The van der Waals surface area contributed by atoms with E-state index >= 15 is 0 Å². The van der Waals surface area contributed by atoms with Crippen molar-refractivity contribution in [2.45, 2.75) is 30.7 Å². The van der Waals surface area contributed by atoms with Crippen molar-refractivity contribution < 1.29 is 64.3 Å². The maximum absolute atomic E-state index is 11.0. The number of rotatable bonds is 3. The number of aliphatic hydroxyl groups is 3. The van der Waals surface area contributed by atoms with E-state index in [2.05, 4.69) is 20.9 Å². The largest absolute Gasteiger partial charge is 1.00 e. The van der Waals surface area contributed by atoms with Gasteiger partial charge in [-0.25, -0.2) is 0 Å². The molecule has 1 aliphatic rings. The standard InChI is InChI=1S/C14H13BrClNO7.Na/c15-4-1-2-5-7(8(4)16)6(3-17-5)23-14-11(20)9(18)10(19)12(24-14)13(21)22;/h1-3,9-12,14,17-20H,(H,21,22);/q;+1/p-1. The van der Waals surface area contributed by atoms with Gasteiger partial charge >= 0.3 is 29.6 Å². The predicted molar refractivity (Wildman–Crippen MR) is 83.3 cm³/mol. The maximum atomic E-state index is 11.0. The number of aromatic amines is 1. The smallest absolute Gasteiger partial charge is 0.547 e. The minimum absolute atomic E-state index is 0. The third-order valence-electron chi connectivity index (χ3n) is 3.75. The normalized spacial score (nSPS) is 29.2. The second-order valence-electron chi connectivity index (χ2n) is 5.27. The molecular formula is C14H12BrClNNaO7. The van der Waals surface area contributed by atoms with E-state index in [1.165, 1.54) is 6.20 Å². The van der Waals surface area contributed by atoms with Crippen molar-refractivity contribution in [2.24, 2.45) is 0 Å². The summed E-state index contributed by atoms with van der Waals surface area (Å²) in [6.07, 6.45) is -7.23. The van der Waals surface area contributed by atoms with Crippen LogP contribution in [0.3, 0.4) is 0 Å². The van der Waals surface area contributed by atoms with E-state index in [9.17, 15) is 25.2 Å². The van der Waals surface area contributed by atoms with Gasteiger partial charge in [0.15, 0.2) is 0 Å². The summed E-state index contributed by atoms with van der Waals surface area (Å²) >= 11 is 9.49. The average Bonchev–Trinajstić information content (AvgIpc) is 2.94. The molecule has 1 aromatic carbocycles. The molecule has 130 valence electrons. The van der Waals surface area contributed by atoms with Crippen LogP contribution in [0.2, 0.25) is 5.02 Å². The van der Waals surface area contributed by atoms with E-state index in [4.69, 9.17) is 21.1 Å². The summed E-state index contributed by atoms with van der Waals surface area (Å²) in [6, 6.07) is 3.46. The van der Waals surface area contributed by atoms with Crippen molar-refractivity contribution in [3.05, 3.63) is 27.8 Å². The van der Waals surface area contributed by atoms with Gasteiger partial charge in [-0.2, -0.15) is 0 Å². The Morgan fingerprint density at radius 2 is 1.96 bits per heavy atom. The second-order valence-corrected chi connectivity index (χ2v) is 6.50. The van der Waals surface area contributed by atoms with Gasteiger partial charge in [0.25, 0.3) is 0 Å². The molecule has 8 nitrogen and oxygen atoms in total. The Hall–Kier alpha value is -0.360. The van der Waals surface area contributed by atoms with Gasteiger partial charge in [-0.3, -0.25) is 0 Å². The number of aliphatic carboxylic acids is 1. The van der Waals surface area contributed by atoms with Gasteiger partial charge in [-0.15, -0.1) is 0 Å². The zero-order chi connectivity index (χ0) is 17.6. The summed E-state index contributed by atoms with van der Waals surface area (Å²) in [5, 5.41) is 41.2. The third kappa shape index (κ3) is 3.85. The number of carbonyl (C=O) groups excluding carboxylic acids is 1. The number of carboxylic acids is 1. The number of H-pyrrole nitrogens is 1. The number of nitrogens with one attached hydrogen (secondary N) is 1. The van der Waals surface area contributed by atoms with Crippen LogP contribution in [0.25, 0.3) is 10.9 Å². The molecule has 25 heavy (non-hydrogen) atoms. The van der Waals surface area contributed by atoms with Gasteiger partial charge in [0.05, 0.1) is 21.9 Å². The molecule has 11 heteroatoms. The quantitative estimate of drug-likeness (QED) is 0.361. The van der Waals surface area contributed by atoms with E-state index in [-0.39, 0.29) is 35.3 Å². The molecule has 4 N–H and O–H groups in total. The number of carbonyl (C=O) groups is 1. The molecule has 3 rings (SSSR count). The molecule has 0 aliphatic carbocycles. The summed E-state index contributed by atoms with van der Waals surface area (Å²) in [7, 11) is 0. The van der Waals surface area contributed by atoms with Gasteiger partial charge in [0.2, 0.25) is 6.29 Å². The number of hydrogen-bond acceptors (Lipinski definition) is 7. The van der Waals surface area contributed by atoms with Crippen LogP contribution in [0.5, 0.6) is 5.75 Å². The number of hydrogen-bond donors (Lipinski definition) is 4. The topological polar surface area (TPSA) is 135 Å². The minimum atomic E-state index is -1.85. The molecule has 0 saturated carbocycles. The van der Waals surface area contributed by atoms with Crippen LogP contribution in [0, 0.1) is 0 Å². The second kappa shape index (κ2) is 8.12. The molecule has 1 aromatic heterocycles. The van der Waals surface area contributed by atoms with E-state index in [0.29, 0.717) is 20.4 Å². The predicted octanol–water partition coefficient (Wildman–Crippen LogP) is -3.48. The molecule has 0 spiro atoms. The van der Waals surface area contributed by atoms with Crippen LogP contribution in [-0.2, 0) is 9.53 Å². The maximum Gasteiger partial charge on any atom is 1.00 e. The number of aliphatic hydroxyl groups excluding tert-OH is 3. The number of halogens is 2. The van der Waals surface area contributed by atoms with Crippen LogP contribution in [0.4, 0.5) is 0 Å². The fourth-order valence-corrected chi connectivity index (χ4v) is 3.07. The van der Waals surface area contributed by atoms with Crippen LogP contribution in [-0.4, -0.2) is 57.0 Å². The summed E-state index contributed by atoms with van der Waals surface area (Å²) in [5.74, 6) is -1.55. The van der Waals surface area contributed by atoms with Gasteiger partial charge in [-0.1, -0.05) is 11.6 Å². The van der Waals surface area contributed by atoms with E-state index in [1.54, 1.807) is 12.1 Å². The number of carboxylic acid groups (broad SMARTS) is 1. The Bertz CT molecular complexity index is 788. The molecule has 5 atom stereocenters. The van der Waals surface area contributed by atoms with Crippen molar-refractivity contribution in [3.63, 3.8) is 0 Å². The zero-order valence-electron chi connectivity index (χ0n) is 12.8. The zero-order valence-corrected chi connectivity index (χ0v) is 17.2. The van der Waals surface area contributed by atoms with Crippen LogP contribution in [0.15, 0.2) is 22.8 Å². The van der Waals surface area contributed by atoms with Crippen LogP contribution < -0.4 is 39.4 Å². The van der Waals surface area contributed by atoms with Crippen molar-refractivity contribution >= 4 is 44.4 Å². The number of aromatic nitrogens is 1. The minimum Gasteiger partial charge on any atom is -0.547 e. The molecule has 0 radical (unpaired) electrons. The molecule has 1 saturated heterocycles. The van der Waals surface area contributed by atoms with E-state index < -0.39 is 36.7 Å². The molecular weight excluding hydrogens is 433 g/mol. The molecule has 2 aromatic rings. The molecule has 2 heterocycles. The molecule has 0 bridgehead atoms. The fourth-order valence-electron chi connectivity index (χ4n) is 2.49. The third-order valence-corrected chi connectivity index (χ3v) is 5.03. The Balaban J connectivity index is 0.00000225. The SMILES string of the molecule is O=C([O-])C1OC(Oc2c[nH]c3ccc(Br)c(Cl)c23)C(O)C(O)C1O.[Na+]. The molecule has 1 aliphatic heterocycles. The Labute approximate surface area is 177 Å². The van der Waals surface area contributed by atoms with Gasteiger partial charge < -0.3 is 39.7 Å². The van der Waals surface area contributed by atoms with Crippen molar-refractivity contribution in [2.75, 3.05) is 0 Å². The van der Waals surface area contributed by atoms with Crippen LogP contribution >= 0.6 is 27.5 Å². The fraction of sp³-hybridized carbons (Fsp3) is 0.357. The first-order valence-corrected chi connectivity index (χ1v) is 8.00. The summed E-state index contributed by atoms with van der Waals surface area (Å²) in [6.45, 7) is 0. The Kier molecular flexibility index (Phi) is 6.80. The van der Waals surface area contributed by atoms with Gasteiger partial charge in [0, 0.05) is 10.7 Å².